The minimum absolute atomic E-state index is 0.128. The smallest absolute Gasteiger partial charge is 0.0176 e. The Bertz CT molecular complexity index is 56.0. The van der Waals surface area contributed by atoms with Crippen molar-refractivity contribution in [3.63, 3.8) is 0 Å². The Balaban J connectivity index is 2.26. The second kappa shape index (κ2) is 2.43. The van der Waals surface area contributed by atoms with E-state index in [1.807, 2.05) is 0 Å². The van der Waals surface area contributed by atoms with Gasteiger partial charge in [-0.3, -0.25) is 0 Å². The van der Waals surface area contributed by atoms with Crippen LogP contribution in [0.1, 0.15) is 0 Å². The molecule has 0 aromatic carbocycles. The van der Waals surface area contributed by atoms with Gasteiger partial charge in [-0.2, -0.15) is 0 Å². The topological polar surface area (TPSA) is 0 Å². The van der Waals surface area contributed by atoms with E-state index in [0.29, 0.717) is 9.04 Å². The molecule has 0 saturated carbocycles. The number of rotatable bonds is 0. The average molecular weight is 162 g/mol. The van der Waals surface area contributed by atoms with Crippen molar-refractivity contribution in [1.29, 1.82) is 0 Å². The molecule has 1 rings (SSSR count). The first kappa shape index (κ1) is 5.99. The van der Waals surface area contributed by atoms with Crippen LogP contribution in [0.5, 0.6) is 0 Å². The first-order valence-electron chi connectivity index (χ1n) is 3.29. The van der Waals surface area contributed by atoms with Gasteiger partial charge in [0.1, 0.15) is 0 Å². The summed E-state index contributed by atoms with van der Waals surface area (Å²) in [6.45, 7) is 2.61. The van der Waals surface area contributed by atoms with Crippen molar-refractivity contribution in [3.05, 3.63) is 0 Å². The van der Waals surface area contributed by atoms with Crippen LogP contribution in [0, 0.1) is 0 Å². The fourth-order valence-electron chi connectivity index (χ4n) is 1.49. The van der Waals surface area contributed by atoms with Crippen molar-refractivity contribution in [1.82, 2.24) is 0 Å². The molecule has 1 saturated heterocycles. The molecule has 1 fully saturated rings. The van der Waals surface area contributed by atoms with E-state index < -0.39 is 0 Å². The first-order chi connectivity index (χ1) is 3.29. The third kappa shape index (κ3) is 1.67. The van der Waals surface area contributed by atoms with Gasteiger partial charge in [-0.15, -0.1) is 0 Å². The predicted molar refractivity (Wildman–Crippen MR) is 48.6 cm³/mol. The van der Waals surface area contributed by atoms with Gasteiger partial charge in [0.15, 0.2) is 0 Å². The summed E-state index contributed by atoms with van der Waals surface area (Å²) in [6.07, 6.45) is 0. The molecule has 1 aliphatic rings. The van der Waals surface area contributed by atoms with Crippen LogP contribution in [0.15, 0.2) is 0 Å². The molecule has 7 heavy (non-hydrogen) atoms. The molecule has 42 valence electrons. The minimum atomic E-state index is 0.128. The van der Waals surface area contributed by atoms with E-state index in [1.54, 1.807) is 16.3 Å². The highest BCUT2D eigenvalue weighted by atomic mass is 29.5. The lowest BCUT2D eigenvalue weighted by Gasteiger charge is -1.95. The zero-order valence-corrected chi connectivity index (χ0v) is 11.3. The standard InChI is InChI=1S/C3H14Si4/c1-7-2-3(4)5-6-7/h3,7H,2,5-6H2,1,4H3. The van der Waals surface area contributed by atoms with E-state index in [0.717, 1.165) is 8.55 Å². The maximum atomic E-state index is 2.61. The minimum Gasteiger partial charge on any atom is -0.0746 e. The molecule has 4 heteroatoms. The van der Waals surface area contributed by atoms with Gasteiger partial charge < -0.3 is 0 Å². The predicted octanol–water partition coefficient (Wildman–Crippen LogP) is -2.28. The summed E-state index contributed by atoms with van der Waals surface area (Å²) in [7, 11) is 3.12. The third-order valence-electron chi connectivity index (χ3n) is 1.96. The molecule has 0 N–H and O–H groups in total. The van der Waals surface area contributed by atoms with E-state index in [2.05, 4.69) is 6.55 Å². The van der Waals surface area contributed by atoms with Crippen LogP contribution in [0.25, 0.3) is 0 Å². The van der Waals surface area contributed by atoms with Gasteiger partial charge in [0, 0.05) is 36.1 Å². The fraction of sp³-hybridized carbons (Fsp3) is 1.00. The van der Waals surface area contributed by atoms with E-state index in [9.17, 15) is 0 Å². The van der Waals surface area contributed by atoms with Crippen LogP contribution in [0.4, 0.5) is 0 Å². The van der Waals surface area contributed by atoms with Gasteiger partial charge in [0.05, 0.1) is 0 Å². The zero-order valence-electron chi connectivity index (χ0n) is 5.28. The molecule has 1 aliphatic heterocycles. The maximum Gasteiger partial charge on any atom is 0.0176 e. The lowest BCUT2D eigenvalue weighted by molar-refractivity contribution is 1.33. The molecule has 1 heterocycles. The Kier molecular flexibility index (Phi) is 2.08. The van der Waals surface area contributed by atoms with Gasteiger partial charge in [0.25, 0.3) is 0 Å². The average Bonchev–Trinajstić information content (AvgIpc) is 1.87. The monoisotopic (exact) mass is 162 g/mol. The first-order valence-corrected chi connectivity index (χ1v) is 14.5. The lowest BCUT2D eigenvalue weighted by Crippen LogP contribution is -2.11. The summed E-state index contributed by atoms with van der Waals surface area (Å²) in [6, 6.07) is 1.80. The number of hydrogen-bond acceptors (Lipinski definition) is 0. The molecular formula is C3H14Si4. The Labute approximate surface area is 54.3 Å². The van der Waals surface area contributed by atoms with Gasteiger partial charge in [-0.25, -0.2) is 0 Å². The summed E-state index contributed by atoms with van der Waals surface area (Å²) < 4.78 is 0. The summed E-state index contributed by atoms with van der Waals surface area (Å²) in [4.78, 5) is 0. The van der Waals surface area contributed by atoms with Crippen LogP contribution in [0.2, 0.25) is 17.8 Å². The van der Waals surface area contributed by atoms with Crippen molar-refractivity contribution >= 4 is 36.1 Å². The largest absolute Gasteiger partial charge is 0.0746 e. The van der Waals surface area contributed by atoms with Crippen molar-refractivity contribution in [2.75, 3.05) is 0 Å². The fourth-order valence-corrected chi connectivity index (χ4v) is 42.0. The Morgan fingerprint density at radius 3 is 2.71 bits per heavy atom. The van der Waals surface area contributed by atoms with Crippen molar-refractivity contribution in [2.45, 2.75) is 17.8 Å². The van der Waals surface area contributed by atoms with E-state index in [4.69, 9.17) is 0 Å². The van der Waals surface area contributed by atoms with Gasteiger partial charge >= 0.3 is 0 Å². The molecule has 0 radical (unpaired) electrons. The second-order valence-corrected chi connectivity index (χ2v) is 24.4. The highest BCUT2D eigenvalue weighted by molar-refractivity contribution is 7.39. The molecule has 0 aromatic rings. The van der Waals surface area contributed by atoms with Gasteiger partial charge in [0.2, 0.25) is 0 Å². The highest BCUT2D eigenvalue weighted by Crippen LogP contribution is 2.13. The molecule has 0 spiro atoms. The van der Waals surface area contributed by atoms with E-state index >= 15 is 0 Å². The zero-order chi connectivity index (χ0) is 5.28. The van der Waals surface area contributed by atoms with Crippen molar-refractivity contribution in [2.24, 2.45) is 0 Å². The lowest BCUT2D eigenvalue weighted by atomic mass is 10.9. The quantitative estimate of drug-likeness (QED) is 0.352. The summed E-state index contributed by atoms with van der Waals surface area (Å²) in [5.41, 5.74) is 0. The Hall–Kier alpha value is 0.868. The Morgan fingerprint density at radius 1 is 1.86 bits per heavy atom. The molecule has 0 amide bonds. The van der Waals surface area contributed by atoms with Crippen LogP contribution in [-0.4, -0.2) is 36.1 Å². The van der Waals surface area contributed by atoms with Gasteiger partial charge in [-0.1, -0.05) is 17.8 Å². The van der Waals surface area contributed by atoms with E-state index in [1.165, 1.54) is 5.16 Å². The summed E-state index contributed by atoms with van der Waals surface area (Å²) in [5, 5.41) is 1.42. The molecule has 2 unspecified atom stereocenters. The third-order valence-corrected chi connectivity index (χ3v) is 33.3. The van der Waals surface area contributed by atoms with Crippen LogP contribution < -0.4 is 0 Å². The summed E-state index contributed by atoms with van der Waals surface area (Å²) >= 11 is 0. The van der Waals surface area contributed by atoms with E-state index in [-0.39, 0.29) is 8.31 Å². The Morgan fingerprint density at radius 2 is 2.57 bits per heavy atom. The van der Waals surface area contributed by atoms with Crippen molar-refractivity contribution in [3.8, 4) is 0 Å². The molecule has 2 atom stereocenters. The van der Waals surface area contributed by atoms with Crippen molar-refractivity contribution < 1.29 is 0 Å². The molecular weight excluding hydrogens is 148 g/mol. The highest BCUT2D eigenvalue weighted by Gasteiger charge is 2.18. The SMILES string of the molecule is C[SiH]1CC([SiH3])[SiH2][SiH2]1. The second-order valence-electron chi connectivity index (χ2n) is 3.02. The molecule has 0 nitrogen and oxygen atoms in total. The molecule has 0 aromatic heterocycles. The molecule has 0 aliphatic carbocycles. The normalized spacial score (nSPS) is 49.3. The van der Waals surface area contributed by atoms with Crippen LogP contribution in [-0.2, 0) is 0 Å². The number of hydrogen-bond donors (Lipinski definition) is 0. The molecule has 0 bridgehead atoms. The van der Waals surface area contributed by atoms with Gasteiger partial charge in [-0.05, 0) is 0 Å². The maximum absolute atomic E-state index is 2.61. The summed E-state index contributed by atoms with van der Waals surface area (Å²) in [5.74, 6) is 0. The van der Waals surface area contributed by atoms with Crippen LogP contribution in [0.3, 0.4) is 0 Å². The van der Waals surface area contributed by atoms with Crippen LogP contribution >= 0.6 is 0 Å².